The van der Waals surface area contributed by atoms with Crippen LogP contribution in [0.25, 0.3) is 0 Å². The first-order valence-corrected chi connectivity index (χ1v) is 7.22. The Bertz CT molecular complexity index is 466. The summed E-state index contributed by atoms with van der Waals surface area (Å²) in [7, 11) is 0. The number of likely N-dealkylation sites (tertiary alicyclic amines) is 1. The van der Waals surface area contributed by atoms with E-state index in [4.69, 9.17) is 0 Å². The number of nitrogens with zero attached hydrogens (tertiary/aromatic N) is 2. The van der Waals surface area contributed by atoms with Crippen molar-refractivity contribution in [3.8, 4) is 0 Å². The van der Waals surface area contributed by atoms with Crippen molar-refractivity contribution < 1.29 is 14.7 Å². The molecular formula is C13H15BrN2O3. The summed E-state index contributed by atoms with van der Waals surface area (Å²) < 4.78 is 0. The van der Waals surface area contributed by atoms with Gasteiger partial charge < -0.3 is 10.0 Å². The standard InChI is InChI=1S/C13H15BrN2O3/c14-7-9-5-12(17)16(8-9)11(13(18)19)6-10-3-1-2-4-15-10/h1-4,9,11H,5-8H2,(H,18,19)/t9?,11-/m0/s1. The van der Waals surface area contributed by atoms with Crippen LogP contribution >= 0.6 is 15.9 Å². The molecule has 0 aliphatic carbocycles. The van der Waals surface area contributed by atoms with Crippen molar-refractivity contribution in [2.45, 2.75) is 18.9 Å². The van der Waals surface area contributed by atoms with E-state index in [1.54, 1.807) is 18.3 Å². The molecule has 0 spiro atoms. The third-order valence-corrected chi connectivity index (χ3v) is 4.16. The molecule has 0 radical (unpaired) electrons. The molecule has 0 saturated carbocycles. The second kappa shape index (κ2) is 6.14. The summed E-state index contributed by atoms with van der Waals surface area (Å²) in [6.07, 6.45) is 2.29. The fraction of sp³-hybridized carbons (Fsp3) is 0.462. The number of rotatable bonds is 5. The summed E-state index contributed by atoms with van der Waals surface area (Å²) >= 11 is 3.35. The van der Waals surface area contributed by atoms with Crippen molar-refractivity contribution in [1.82, 2.24) is 9.88 Å². The van der Waals surface area contributed by atoms with Crippen molar-refractivity contribution in [3.63, 3.8) is 0 Å². The number of carbonyl (C=O) groups excluding carboxylic acids is 1. The number of carboxylic acid groups (broad SMARTS) is 1. The molecule has 1 aliphatic heterocycles. The van der Waals surface area contributed by atoms with E-state index < -0.39 is 12.0 Å². The molecule has 6 heteroatoms. The van der Waals surface area contributed by atoms with Crippen LogP contribution in [0.4, 0.5) is 0 Å². The van der Waals surface area contributed by atoms with E-state index in [0.29, 0.717) is 24.0 Å². The van der Waals surface area contributed by atoms with Gasteiger partial charge in [0.15, 0.2) is 0 Å². The molecule has 1 N–H and O–H groups in total. The fourth-order valence-corrected chi connectivity index (χ4v) is 2.69. The lowest BCUT2D eigenvalue weighted by molar-refractivity contribution is -0.148. The van der Waals surface area contributed by atoms with Gasteiger partial charge in [0.25, 0.3) is 0 Å². The largest absolute Gasteiger partial charge is 0.480 e. The van der Waals surface area contributed by atoms with Crippen molar-refractivity contribution in [3.05, 3.63) is 30.1 Å². The zero-order valence-electron chi connectivity index (χ0n) is 10.3. The summed E-state index contributed by atoms with van der Waals surface area (Å²) in [6.45, 7) is 0.494. The highest BCUT2D eigenvalue weighted by molar-refractivity contribution is 9.09. The van der Waals surface area contributed by atoms with Crippen LogP contribution in [0.15, 0.2) is 24.4 Å². The Morgan fingerprint density at radius 1 is 1.58 bits per heavy atom. The van der Waals surface area contributed by atoms with Crippen LogP contribution in [0.1, 0.15) is 12.1 Å². The molecule has 1 aromatic heterocycles. The first kappa shape index (κ1) is 14.0. The topological polar surface area (TPSA) is 70.5 Å². The molecule has 2 atom stereocenters. The molecule has 1 aromatic rings. The van der Waals surface area contributed by atoms with Crippen LogP contribution < -0.4 is 0 Å². The summed E-state index contributed by atoms with van der Waals surface area (Å²) in [5, 5.41) is 10.1. The van der Waals surface area contributed by atoms with Gasteiger partial charge in [0, 0.05) is 36.6 Å². The predicted octanol–water partition coefficient (Wildman–Crippen LogP) is 1.32. The first-order valence-electron chi connectivity index (χ1n) is 6.10. The maximum Gasteiger partial charge on any atom is 0.326 e. The number of carboxylic acids is 1. The average Bonchev–Trinajstić information content (AvgIpc) is 2.78. The number of halogens is 1. The van der Waals surface area contributed by atoms with Crippen LogP contribution in [0, 0.1) is 5.92 Å². The quantitative estimate of drug-likeness (QED) is 0.828. The average molecular weight is 327 g/mol. The minimum Gasteiger partial charge on any atom is -0.480 e. The Balaban J connectivity index is 2.13. The van der Waals surface area contributed by atoms with Crippen LogP contribution in [0.3, 0.4) is 0 Å². The zero-order chi connectivity index (χ0) is 13.8. The smallest absolute Gasteiger partial charge is 0.326 e. The van der Waals surface area contributed by atoms with Crippen molar-refractivity contribution >= 4 is 27.8 Å². The van der Waals surface area contributed by atoms with Crippen LogP contribution in [-0.2, 0) is 16.0 Å². The lowest BCUT2D eigenvalue weighted by Gasteiger charge is -2.24. The van der Waals surface area contributed by atoms with Gasteiger partial charge in [-0.2, -0.15) is 0 Å². The molecule has 1 unspecified atom stereocenters. The van der Waals surface area contributed by atoms with Crippen LogP contribution in [-0.4, -0.2) is 44.8 Å². The normalized spacial score (nSPS) is 20.6. The Morgan fingerprint density at radius 2 is 2.37 bits per heavy atom. The maximum absolute atomic E-state index is 11.9. The van der Waals surface area contributed by atoms with Gasteiger partial charge in [-0.3, -0.25) is 9.78 Å². The number of alkyl halides is 1. The highest BCUT2D eigenvalue weighted by atomic mass is 79.9. The molecule has 2 rings (SSSR count). The molecular weight excluding hydrogens is 312 g/mol. The van der Waals surface area contributed by atoms with Gasteiger partial charge in [0.2, 0.25) is 5.91 Å². The molecule has 0 bridgehead atoms. The number of hydrogen-bond acceptors (Lipinski definition) is 3. The lowest BCUT2D eigenvalue weighted by atomic mass is 10.1. The number of aromatic nitrogens is 1. The molecule has 1 aliphatic rings. The Morgan fingerprint density at radius 3 is 2.89 bits per heavy atom. The first-order chi connectivity index (χ1) is 9.11. The van der Waals surface area contributed by atoms with Gasteiger partial charge >= 0.3 is 5.97 Å². The lowest BCUT2D eigenvalue weighted by Crippen LogP contribution is -2.44. The van der Waals surface area contributed by atoms with Crippen molar-refractivity contribution in [2.24, 2.45) is 5.92 Å². The number of pyridine rings is 1. The van der Waals surface area contributed by atoms with Crippen LogP contribution in [0.5, 0.6) is 0 Å². The second-order valence-electron chi connectivity index (χ2n) is 4.65. The SMILES string of the molecule is O=C(O)[C@H](Cc1ccccn1)N1CC(CBr)CC1=O. The molecule has 1 amide bonds. The Kier molecular flexibility index (Phi) is 4.52. The third kappa shape index (κ3) is 3.32. The van der Waals surface area contributed by atoms with Crippen molar-refractivity contribution in [2.75, 3.05) is 11.9 Å². The zero-order valence-corrected chi connectivity index (χ0v) is 11.9. The summed E-state index contributed by atoms with van der Waals surface area (Å²) in [5.41, 5.74) is 0.685. The van der Waals surface area contributed by atoms with E-state index in [2.05, 4.69) is 20.9 Å². The molecule has 102 valence electrons. The molecule has 1 fully saturated rings. The minimum absolute atomic E-state index is 0.0900. The van der Waals surface area contributed by atoms with Crippen LogP contribution in [0.2, 0.25) is 0 Å². The molecule has 0 aromatic carbocycles. The number of carbonyl (C=O) groups is 2. The summed E-state index contributed by atoms with van der Waals surface area (Å²) in [4.78, 5) is 28.9. The summed E-state index contributed by atoms with van der Waals surface area (Å²) in [5.74, 6) is -0.875. The molecule has 19 heavy (non-hydrogen) atoms. The maximum atomic E-state index is 11.9. The molecule has 1 saturated heterocycles. The van der Waals surface area contributed by atoms with Gasteiger partial charge in [-0.1, -0.05) is 22.0 Å². The summed E-state index contributed by atoms with van der Waals surface area (Å²) in [6, 6.07) is 4.54. The third-order valence-electron chi connectivity index (χ3n) is 3.25. The van der Waals surface area contributed by atoms with E-state index in [1.807, 2.05) is 6.07 Å². The fourth-order valence-electron chi connectivity index (χ4n) is 2.26. The predicted molar refractivity (Wildman–Crippen MR) is 73.0 cm³/mol. The number of aliphatic carboxylic acids is 1. The molecule has 5 nitrogen and oxygen atoms in total. The van der Waals surface area contributed by atoms with E-state index >= 15 is 0 Å². The number of hydrogen-bond donors (Lipinski definition) is 1. The van der Waals surface area contributed by atoms with Gasteiger partial charge in [0.05, 0.1) is 0 Å². The monoisotopic (exact) mass is 326 g/mol. The molecule has 2 heterocycles. The minimum atomic E-state index is -0.978. The number of amides is 1. The highest BCUT2D eigenvalue weighted by Crippen LogP contribution is 2.23. The Hall–Kier alpha value is -1.43. The van der Waals surface area contributed by atoms with E-state index in [-0.39, 0.29) is 18.2 Å². The van der Waals surface area contributed by atoms with E-state index in [1.165, 1.54) is 4.90 Å². The van der Waals surface area contributed by atoms with Gasteiger partial charge in [-0.15, -0.1) is 0 Å². The van der Waals surface area contributed by atoms with Crippen molar-refractivity contribution in [1.29, 1.82) is 0 Å². The van der Waals surface area contributed by atoms with E-state index in [9.17, 15) is 14.7 Å². The Labute approximate surface area is 119 Å². The highest BCUT2D eigenvalue weighted by Gasteiger charge is 2.37. The van der Waals surface area contributed by atoms with Gasteiger partial charge in [-0.05, 0) is 18.1 Å². The van der Waals surface area contributed by atoms with E-state index in [0.717, 1.165) is 0 Å². The van der Waals surface area contributed by atoms with Gasteiger partial charge in [-0.25, -0.2) is 4.79 Å². The second-order valence-corrected chi connectivity index (χ2v) is 5.30. The van der Waals surface area contributed by atoms with Gasteiger partial charge in [0.1, 0.15) is 6.04 Å².